The van der Waals surface area contributed by atoms with Crippen LogP contribution in [0.1, 0.15) is 16.1 Å². The lowest BCUT2D eigenvalue weighted by atomic mass is 10.2. The van der Waals surface area contributed by atoms with Crippen LogP contribution in [0.5, 0.6) is 0 Å². The highest BCUT2D eigenvalue weighted by Gasteiger charge is 2.16. The van der Waals surface area contributed by atoms with Gasteiger partial charge >= 0.3 is 0 Å². The van der Waals surface area contributed by atoms with Crippen molar-refractivity contribution in [3.05, 3.63) is 46.2 Å². The third-order valence-corrected chi connectivity index (χ3v) is 4.91. The van der Waals surface area contributed by atoms with Crippen LogP contribution in [0.4, 0.5) is 5.69 Å². The van der Waals surface area contributed by atoms with Crippen LogP contribution in [0, 0.1) is 6.92 Å². The summed E-state index contributed by atoms with van der Waals surface area (Å²) in [6, 6.07) is 6.36. The first kappa shape index (κ1) is 15.7. The Hall–Kier alpha value is -1.64. The van der Waals surface area contributed by atoms with Crippen molar-refractivity contribution in [2.24, 2.45) is 0 Å². The monoisotopic (exact) mass is 371 g/mol. The summed E-state index contributed by atoms with van der Waals surface area (Å²) in [4.78, 5) is 15.0. The van der Waals surface area contributed by atoms with Gasteiger partial charge in [0.2, 0.25) is 10.0 Å². The highest BCUT2D eigenvalue weighted by atomic mass is 79.9. The van der Waals surface area contributed by atoms with Gasteiger partial charge in [-0.05, 0) is 53.7 Å². The molecule has 1 heterocycles. The highest BCUT2D eigenvalue weighted by Crippen LogP contribution is 2.20. The van der Waals surface area contributed by atoms with Gasteiger partial charge in [-0.1, -0.05) is 6.07 Å². The van der Waals surface area contributed by atoms with E-state index in [0.717, 1.165) is 4.47 Å². The Labute approximate surface area is 131 Å². The van der Waals surface area contributed by atoms with E-state index in [9.17, 15) is 13.2 Å². The van der Waals surface area contributed by atoms with Gasteiger partial charge < -0.3 is 10.3 Å². The first-order valence-corrected chi connectivity index (χ1v) is 8.30. The molecule has 0 bridgehead atoms. The standard InChI is InChI=1S/C13H14BrN3O3S/c1-8-3-4-10(6-12(8)21(19,20)15-2)17-13(18)11-5-9(14)7-16-11/h3-7,15-16H,1-2H3,(H,17,18). The number of aromatic amines is 1. The molecule has 0 fully saturated rings. The van der Waals surface area contributed by atoms with Crippen molar-refractivity contribution in [3.63, 3.8) is 0 Å². The van der Waals surface area contributed by atoms with Gasteiger partial charge in [0, 0.05) is 16.4 Å². The molecular weight excluding hydrogens is 358 g/mol. The molecule has 0 aliphatic heterocycles. The lowest BCUT2D eigenvalue weighted by Crippen LogP contribution is -2.20. The van der Waals surface area contributed by atoms with Crippen molar-refractivity contribution in [2.45, 2.75) is 11.8 Å². The molecule has 21 heavy (non-hydrogen) atoms. The van der Waals surface area contributed by atoms with Crippen molar-refractivity contribution in [2.75, 3.05) is 12.4 Å². The minimum absolute atomic E-state index is 0.135. The molecule has 0 atom stereocenters. The highest BCUT2D eigenvalue weighted by molar-refractivity contribution is 9.10. The summed E-state index contributed by atoms with van der Waals surface area (Å²) in [7, 11) is -2.22. The van der Waals surface area contributed by atoms with E-state index in [1.54, 1.807) is 31.3 Å². The van der Waals surface area contributed by atoms with Crippen molar-refractivity contribution in [1.82, 2.24) is 9.71 Å². The van der Waals surface area contributed by atoms with Gasteiger partial charge in [-0.3, -0.25) is 4.79 Å². The molecule has 0 saturated carbocycles. The van der Waals surface area contributed by atoms with Crippen molar-refractivity contribution in [1.29, 1.82) is 0 Å². The molecule has 0 spiro atoms. The number of rotatable bonds is 4. The summed E-state index contributed by atoms with van der Waals surface area (Å²) < 4.78 is 26.8. The Morgan fingerprint density at radius 3 is 2.57 bits per heavy atom. The molecule has 1 amide bonds. The van der Waals surface area contributed by atoms with Crippen LogP contribution in [-0.4, -0.2) is 26.4 Å². The van der Waals surface area contributed by atoms with E-state index in [1.807, 2.05) is 0 Å². The summed E-state index contributed by atoms with van der Waals surface area (Å²) in [5, 5.41) is 2.65. The number of hydrogen-bond donors (Lipinski definition) is 3. The fraction of sp³-hybridized carbons (Fsp3) is 0.154. The van der Waals surface area contributed by atoms with Crippen LogP contribution in [0.2, 0.25) is 0 Å². The molecule has 0 radical (unpaired) electrons. The summed E-state index contributed by atoms with van der Waals surface area (Å²) >= 11 is 3.24. The molecule has 6 nitrogen and oxygen atoms in total. The lowest BCUT2D eigenvalue weighted by Gasteiger charge is -2.10. The number of aromatic nitrogens is 1. The van der Waals surface area contributed by atoms with E-state index >= 15 is 0 Å². The van der Waals surface area contributed by atoms with Crippen molar-refractivity contribution < 1.29 is 13.2 Å². The van der Waals surface area contributed by atoms with Crippen LogP contribution in [0.3, 0.4) is 0 Å². The van der Waals surface area contributed by atoms with Gasteiger partial charge in [0.05, 0.1) is 4.90 Å². The quantitative estimate of drug-likeness (QED) is 0.769. The van der Waals surface area contributed by atoms with Gasteiger partial charge in [0.1, 0.15) is 5.69 Å². The van der Waals surface area contributed by atoms with E-state index in [0.29, 0.717) is 16.9 Å². The maximum Gasteiger partial charge on any atom is 0.272 e. The molecule has 0 saturated heterocycles. The molecule has 112 valence electrons. The minimum atomic E-state index is -3.56. The molecule has 2 aromatic rings. The topological polar surface area (TPSA) is 91.1 Å². The number of amides is 1. The Kier molecular flexibility index (Phi) is 4.50. The Morgan fingerprint density at radius 2 is 2.00 bits per heavy atom. The number of halogens is 1. The van der Waals surface area contributed by atoms with Gasteiger partial charge in [0.25, 0.3) is 5.91 Å². The van der Waals surface area contributed by atoms with E-state index in [-0.39, 0.29) is 10.8 Å². The predicted octanol–water partition coefficient (Wildman–Crippen LogP) is 2.25. The smallest absolute Gasteiger partial charge is 0.272 e. The third-order valence-electron chi connectivity index (χ3n) is 2.90. The average Bonchev–Trinajstić information content (AvgIpc) is 2.87. The third kappa shape index (κ3) is 3.52. The second kappa shape index (κ2) is 6.00. The number of benzene rings is 1. The van der Waals surface area contributed by atoms with E-state index in [1.165, 1.54) is 13.1 Å². The molecule has 3 N–H and O–H groups in total. The van der Waals surface area contributed by atoms with E-state index in [4.69, 9.17) is 0 Å². The summed E-state index contributed by atoms with van der Waals surface area (Å²) in [6.45, 7) is 1.69. The molecule has 0 unspecified atom stereocenters. The predicted molar refractivity (Wildman–Crippen MR) is 83.9 cm³/mol. The Bertz CT molecular complexity index is 784. The van der Waals surface area contributed by atoms with Crippen molar-refractivity contribution >= 4 is 37.5 Å². The zero-order valence-corrected chi connectivity index (χ0v) is 13.8. The lowest BCUT2D eigenvalue weighted by molar-refractivity contribution is 0.102. The molecule has 2 rings (SSSR count). The summed E-state index contributed by atoms with van der Waals surface area (Å²) in [5.74, 6) is -0.350. The number of carbonyl (C=O) groups is 1. The van der Waals surface area contributed by atoms with Crippen molar-refractivity contribution in [3.8, 4) is 0 Å². The van der Waals surface area contributed by atoms with Gasteiger partial charge in [-0.15, -0.1) is 0 Å². The van der Waals surface area contributed by atoms with Crippen LogP contribution >= 0.6 is 15.9 Å². The summed E-state index contributed by atoms with van der Waals surface area (Å²) in [5.41, 5.74) is 1.38. The Balaban J connectivity index is 2.30. The second-order valence-electron chi connectivity index (χ2n) is 4.37. The fourth-order valence-electron chi connectivity index (χ4n) is 1.77. The SMILES string of the molecule is CNS(=O)(=O)c1cc(NC(=O)c2cc(Br)c[nH]2)ccc1C. The fourth-order valence-corrected chi connectivity index (χ4v) is 3.11. The number of H-pyrrole nitrogens is 1. The first-order valence-electron chi connectivity index (χ1n) is 6.03. The average molecular weight is 372 g/mol. The van der Waals surface area contributed by atoms with Gasteiger partial charge in [-0.2, -0.15) is 0 Å². The van der Waals surface area contributed by atoms with E-state index in [2.05, 4.69) is 31.0 Å². The van der Waals surface area contributed by atoms with Crippen LogP contribution in [0.25, 0.3) is 0 Å². The van der Waals surface area contributed by atoms with E-state index < -0.39 is 10.0 Å². The molecular formula is C13H14BrN3O3S. The van der Waals surface area contributed by atoms with Crippen LogP contribution in [-0.2, 0) is 10.0 Å². The number of aryl methyl sites for hydroxylation is 1. The van der Waals surface area contributed by atoms with Crippen LogP contribution < -0.4 is 10.0 Å². The number of sulfonamides is 1. The number of anilines is 1. The maximum absolute atomic E-state index is 12.0. The first-order chi connectivity index (χ1) is 9.83. The number of carbonyl (C=O) groups excluding carboxylic acids is 1. The van der Waals surface area contributed by atoms with Gasteiger partial charge in [-0.25, -0.2) is 13.1 Å². The molecule has 0 aliphatic carbocycles. The second-order valence-corrected chi connectivity index (χ2v) is 7.14. The normalized spacial score (nSPS) is 11.4. The minimum Gasteiger partial charge on any atom is -0.356 e. The summed E-state index contributed by atoms with van der Waals surface area (Å²) in [6.07, 6.45) is 1.64. The van der Waals surface area contributed by atoms with Crippen LogP contribution in [0.15, 0.2) is 39.8 Å². The zero-order valence-electron chi connectivity index (χ0n) is 11.4. The zero-order chi connectivity index (χ0) is 15.6. The number of hydrogen-bond acceptors (Lipinski definition) is 3. The number of nitrogens with one attached hydrogen (secondary N) is 3. The Morgan fingerprint density at radius 1 is 1.29 bits per heavy atom. The molecule has 0 aliphatic rings. The molecule has 1 aromatic heterocycles. The largest absolute Gasteiger partial charge is 0.356 e. The molecule has 1 aromatic carbocycles. The maximum atomic E-state index is 12.0. The molecule has 8 heteroatoms. The van der Waals surface area contributed by atoms with Gasteiger partial charge in [0.15, 0.2) is 0 Å².